The molecule has 0 N–H and O–H groups in total. The lowest BCUT2D eigenvalue weighted by molar-refractivity contribution is 0.181. The Kier molecular flexibility index (Phi) is 4.47. The predicted molar refractivity (Wildman–Crippen MR) is 54.6 cm³/mol. The van der Waals surface area contributed by atoms with E-state index in [0.717, 1.165) is 0 Å². The van der Waals surface area contributed by atoms with E-state index >= 15 is 0 Å². The maximum Gasteiger partial charge on any atom is 0.390 e. The zero-order valence-electron chi connectivity index (χ0n) is 8.43. The van der Waals surface area contributed by atoms with E-state index in [2.05, 4.69) is 9.98 Å². The van der Waals surface area contributed by atoms with Crippen LogP contribution in [0.1, 0.15) is 13.8 Å². The number of nitrogens with zero attached hydrogens (tertiary/aromatic N) is 2. The van der Waals surface area contributed by atoms with Crippen LogP contribution in [-0.2, 0) is 9.47 Å². The van der Waals surface area contributed by atoms with Gasteiger partial charge in [-0.1, -0.05) is 6.07 Å². The van der Waals surface area contributed by atoms with Gasteiger partial charge in [-0.25, -0.2) is 4.98 Å². The Bertz CT molecular complexity index is 277. The van der Waals surface area contributed by atoms with Crippen molar-refractivity contribution in [2.24, 2.45) is 4.99 Å². The smallest absolute Gasteiger partial charge is 0.390 e. The lowest BCUT2D eigenvalue weighted by Gasteiger charge is -2.05. The molecule has 1 rings (SSSR count). The van der Waals surface area contributed by atoms with E-state index in [0.29, 0.717) is 19.0 Å². The summed E-state index contributed by atoms with van der Waals surface area (Å²) in [5.74, 6) is 0.587. The predicted octanol–water partition coefficient (Wildman–Crippen LogP) is 2.14. The summed E-state index contributed by atoms with van der Waals surface area (Å²) in [4.78, 5) is 8.13. The largest absolute Gasteiger partial charge is 0.451 e. The Hall–Kier alpha value is -1.58. The maximum absolute atomic E-state index is 5.17. The standard InChI is InChI=1S/C10H14N2O2/c1-3-13-10(14-4-2)12-9-7-5-6-8-11-9/h5-8H,3-4H2,1-2H3. The molecule has 14 heavy (non-hydrogen) atoms. The summed E-state index contributed by atoms with van der Waals surface area (Å²) in [6, 6.07) is 5.49. The maximum atomic E-state index is 5.17. The van der Waals surface area contributed by atoms with Gasteiger partial charge in [-0.15, -0.1) is 0 Å². The van der Waals surface area contributed by atoms with Crippen molar-refractivity contribution in [3.63, 3.8) is 0 Å². The van der Waals surface area contributed by atoms with E-state index in [1.165, 1.54) is 0 Å². The van der Waals surface area contributed by atoms with Gasteiger partial charge >= 0.3 is 6.08 Å². The fourth-order valence-corrected chi connectivity index (χ4v) is 0.867. The Morgan fingerprint density at radius 3 is 2.50 bits per heavy atom. The van der Waals surface area contributed by atoms with E-state index in [1.807, 2.05) is 26.0 Å². The molecule has 0 unspecified atom stereocenters. The lowest BCUT2D eigenvalue weighted by atomic mass is 10.5. The minimum Gasteiger partial charge on any atom is -0.451 e. The summed E-state index contributed by atoms with van der Waals surface area (Å²) < 4.78 is 10.3. The first kappa shape index (κ1) is 10.5. The molecule has 0 saturated heterocycles. The van der Waals surface area contributed by atoms with Gasteiger partial charge < -0.3 is 9.47 Å². The van der Waals surface area contributed by atoms with Crippen molar-refractivity contribution in [1.82, 2.24) is 4.98 Å². The van der Waals surface area contributed by atoms with E-state index in [-0.39, 0.29) is 6.08 Å². The molecule has 0 atom stereocenters. The second-order valence-corrected chi connectivity index (χ2v) is 2.43. The van der Waals surface area contributed by atoms with Crippen LogP contribution in [0.3, 0.4) is 0 Å². The molecule has 1 aromatic rings. The van der Waals surface area contributed by atoms with Crippen LogP contribution >= 0.6 is 0 Å². The molecule has 1 heterocycles. The van der Waals surface area contributed by atoms with E-state index in [9.17, 15) is 0 Å². The summed E-state index contributed by atoms with van der Waals surface area (Å²) in [6.45, 7) is 4.83. The number of hydrogen-bond donors (Lipinski definition) is 0. The van der Waals surface area contributed by atoms with Crippen molar-refractivity contribution in [2.75, 3.05) is 13.2 Å². The highest BCUT2D eigenvalue weighted by Gasteiger charge is 1.99. The monoisotopic (exact) mass is 194 g/mol. The molecule has 0 aliphatic heterocycles. The van der Waals surface area contributed by atoms with Crippen molar-refractivity contribution in [1.29, 1.82) is 0 Å². The molecule has 0 fully saturated rings. The van der Waals surface area contributed by atoms with Gasteiger partial charge in [0.15, 0.2) is 5.82 Å². The third kappa shape index (κ3) is 3.43. The van der Waals surface area contributed by atoms with Crippen molar-refractivity contribution >= 4 is 11.9 Å². The van der Waals surface area contributed by atoms with Crippen LogP contribution in [0, 0.1) is 0 Å². The van der Waals surface area contributed by atoms with Crippen LogP contribution < -0.4 is 0 Å². The van der Waals surface area contributed by atoms with Gasteiger partial charge in [0.2, 0.25) is 0 Å². The average Bonchev–Trinajstić information content (AvgIpc) is 2.20. The molecule has 0 radical (unpaired) electrons. The molecule has 0 aliphatic carbocycles. The topological polar surface area (TPSA) is 43.7 Å². The minimum atomic E-state index is 0.272. The highest BCUT2D eigenvalue weighted by Crippen LogP contribution is 2.06. The molecule has 0 saturated carbocycles. The summed E-state index contributed by atoms with van der Waals surface area (Å²) in [5.41, 5.74) is 0. The van der Waals surface area contributed by atoms with E-state index < -0.39 is 0 Å². The van der Waals surface area contributed by atoms with Crippen LogP contribution in [0.15, 0.2) is 29.4 Å². The Morgan fingerprint density at radius 2 is 2.00 bits per heavy atom. The van der Waals surface area contributed by atoms with Crippen molar-refractivity contribution in [2.45, 2.75) is 13.8 Å². The Morgan fingerprint density at radius 1 is 1.29 bits per heavy atom. The summed E-state index contributed by atoms with van der Waals surface area (Å²) in [7, 11) is 0. The van der Waals surface area contributed by atoms with Gasteiger partial charge in [-0.2, -0.15) is 4.99 Å². The third-order valence-electron chi connectivity index (χ3n) is 1.39. The highest BCUT2D eigenvalue weighted by atomic mass is 16.7. The molecule has 4 heteroatoms. The molecular formula is C10H14N2O2. The van der Waals surface area contributed by atoms with E-state index in [4.69, 9.17) is 9.47 Å². The third-order valence-corrected chi connectivity index (χ3v) is 1.39. The SMILES string of the molecule is CCOC(=Nc1ccccn1)OCC. The van der Waals surface area contributed by atoms with Crippen LogP contribution in [0.25, 0.3) is 0 Å². The number of rotatable bonds is 3. The molecule has 0 aliphatic rings. The second-order valence-electron chi connectivity index (χ2n) is 2.43. The molecule has 4 nitrogen and oxygen atoms in total. The number of hydrogen-bond acceptors (Lipinski definition) is 4. The number of aromatic nitrogens is 1. The van der Waals surface area contributed by atoms with Gasteiger partial charge in [-0.05, 0) is 26.0 Å². The minimum absolute atomic E-state index is 0.272. The Labute approximate surface area is 83.6 Å². The first-order valence-corrected chi connectivity index (χ1v) is 4.62. The summed E-state index contributed by atoms with van der Waals surface area (Å²) >= 11 is 0. The quantitative estimate of drug-likeness (QED) is 0.547. The second kappa shape index (κ2) is 5.96. The molecule has 0 bridgehead atoms. The normalized spacial score (nSPS) is 9.29. The van der Waals surface area contributed by atoms with Gasteiger partial charge in [0.25, 0.3) is 0 Å². The van der Waals surface area contributed by atoms with Gasteiger partial charge in [0, 0.05) is 6.20 Å². The first-order valence-electron chi connectivity index (χ1n) is 4.62. The molecule has 0 aromatic carbocycles. The molecule has 0 spiro atoms. The van der Waals surface area contributed by atoms with Gasteiger partial charge in [0.1, 0.15) is 0 Å². The van der Waals surface area contributed by atoms with Crippen LogP contribution in [0.4, 0.5) is 5.82 Å². The van der Waals surface area contributed by atoms with Crippen LogP contribution in [-0.4, -0.2) is 24.3 Å². The Balaban J connectivity index is 2.71. The fourth-order valence-electron chi connectivity index (χ4n) is 0.867. The fraction of sp³-hybridized carbons (Fsp3) is 0.400. The highest BCUT2D eigenvalue weighted by molar-refractivity contribution is 5.70. The summed E-state index contributed by atoms with van der Waals surface area (Å²) in [5, 5.41) is 0. The zero-order valence-corrected chi connectivity index (χ0v) is 8.43. The van der Waals surface area contributed by atoms with Gasteiger partial charge in [-0.3, -0.25) is 0 Å². The number of ether oxygens (including phenoxy) is 2. The van der Waals surface area contributed by atoms with Gasteiger partial charge in [0.05, 0.1) is 13.2 Å². The first-order chi connectivity index (χ1) is 6.86. The number of pyridine rings is 1. The van der Waals surface area contributed by atoms with Crippen molar-refractivity contribution in [3.05, 3.63) is 24.4 Å². The van der Waals surface area contributed by atoms with E-state index in [1.54, 1.807) is 12.3 Å². The molecular weight excluding hydrogens is 180 g/mol. The molecule has 76 valence electrons. The van der Waals surface area contributed by atoms with Crippen LogP contribution in [0.5, 0.6) is 0 Å². The lowest BCUT2D eigenvalue weighted by Crippen LogP contribution is -2.09. The van der Waals surface area contributed by atoms with Crippen LogP contribution in [0.2, 0.25) is 0 Å². The molecule has 0 amide bonds. The van der Waals surface area contributed by atoms with Crippen molar-refractivity contribution in [3.8, 4) is 0 Å². The van der Waals surface area contributed by atoms with Crippen molar-refractivity contribution < 1.29 is 9.47 Å². The molecule has 1 aromatic heterocycles. The number of aliphatic imine (C=N–C) groups is 1. The average molecular weight is 194 g/mol. The zero-order chi connectivity index (χ0) is 10.2. The summed E-state index contributed by atoms with van der Waals surface area (Å²) in [6.07, 6.45) is 1.95.